The van der Waals surface area contributed by atoms with Crippen molar-refractivity contribution < 1.29 is 9.13 Å². The maximum absolute atomic E-state index is 13.0. The lowest BCUT2D eigenvalue weighted by Crippen LogP contribution is -2.03. The van der Waals surface area contributed by atoms with Gasteiger partial charge in [-0.15, -0.1) is 0 Å². The molecule has 0 radical (unpaired) electrons. The fourth-order valence-corrected chi connectivity index (χ4v) is 2.22. The third-order valence-corrected chi connectivity index (χ3v) is 3.41. The summed E-state index contributed by atoms with van der Waals surface area (Å²) in [6.45, 7) is 2.81. The van der Waals surface area contributed by atoms with E-state index < -0.39 is 0 Å². The number of hydrogen-bond acceptors (Lipinski definition) is 2. The van der Waals surface area contributed by atoms with Crippen LogP contribution in [0.4, 0.5) is 4.39 Å². The largest absolute Gasteiger partial charge is 0.487 e. The molecule has 2 aromatic rings. The lowest BCUT2D eigenvalue weighted by atomic mass is 10.1. The molecule has 0 aliphatic heterocycles. The topological polar surface area (TPSA) is 35.2 Å². The van der Waals surface area contributed by atoms with Crippen molar-refractivity contribution in [2.75, 3.05) is 6.54 Å². The second-order valence-corrected chi connectivity index (χ2v) is 5.07. The van der Waals surface area contributed by atoms with Gasteiger partial charge < -0.3 is 10.5 Å². The standard InChI is InChI=1S/C16H17ClFNO/c1-11-8-14(18)4-3-13(11)10-20-16-5-2-12(6-7-19)9-15(16)17/h2-5,8-9H,6-7,10,19H2,1H3. The summed E-state index contributed by atoms with van der Waals surface area (Å²) < 4.78 is 18.7. The highest BCUT2D eigenvalue weighted by Crippen LogP contribution is 2.26. The minimum absolute atomic E-state index is 0.240. The molecule has 0 saturated heterocycles. The van der Waals surface area contributed by atoms with E-state index in [4.69, 9.17) is 22.1 Å². The van der Waals surface area contributed by atoms with E-state index in [-0.39, 0.29) is 5.82 Å². The maximum atomic E-state index is 13.0. The molecule has 0 heterocycles. The second kappa shape index (κ2) is 6.73. The van der Waals surface area contributed by atoms with Crippen LogP contribution in [0.1, 0.15) is 16.7 Å². The summed E-state index contributed by atoms with van der Waals surface area (Å²) in [6.07, 6.45) is 0.789. The summed E-state index contributed by atoms with van der Waals surface area (Å²) in [5, 5.41) is 0.565. The van der Waals surface area contributed by atoms with Crippen molar-refractivity contribution in [2.45, 2.75) is 20.0 Å². The third kappa shape index (κ3) is 3.71. The van der Waals surface area contributed by atoms with Crippen LogP contribution < -0.4 is 10.5 Å². The lowest BCUT2D eigenvalue weighted by molar-refractivity contribution is 0.305. The molecule has 0 aliphatic carbocycles. The van der Waals surface area contributed by atoms with Gasteiger partial charge in [-0.05, 0) is 60.8 Å². The van der Waals surface area contributed by atoms with E-state index in [9.17, 15) is 4.39 Å². The van der Waals surface area contributed by atoms with E-state index in [1.165, 1.54) is 12.1 Å². The van der Waals surface area contributed by atoms with Gasteiger partial charge in [0.1, 0.15) is 18.2 Å². The van der Waals surface area contributed by atoms with Crippen LogP contribution in [0.2, 0.25) is 5.02 Å². The van der Waals surface area contributed by atoms with Gasteiger partial charge in [0, 0.05) is 0 Å². The number of ether oxygens (including phenoxy) is 1. The van der Waals surface area contributed by atoms with Crippen LogP contribution in [0.3, 0.4) is 0 Å². The quantitative estimate of drug-likeness (QED) is 0.908. The van der Waals surface area contributed by atoms with E-state index in [2.05, 4.69) is 0 Å². The van der Waals surface area contributed by atoms with Crippen molar-refractivity contribution in [2.24, 2.45) is 5.73 Å². The van der Waals surface area contributed by atoms with Crippen molar-refractivity contribution in [1.29, 1.82) is 0 Å². The summed E-state index contributed by atoms with van der Waals surface area (Å²) in [7, 11) is 0. The minimum atomic E-state index is -0.240. The van der Waals surface area contributed by atoms with Gasteiger partial charge in [0.25, 0.3) is 0 Å². The zero-order chi connectivity index (χ0) is 14.5. The third-order valence-electron chi connectivity index (χ3n) is 3.12. The van der Waals surface area contributed by atoms with Crippen LogP contribution in [-0.4, -0.2) is 6.54 Å². The number of hydrogen-bond donors (Lipinski definition) is 1. The molecule has 4 heteroatoms. The predicted octanol–water partition coefficient (Wildman–Crippen LogP) is 3.87. The zero-order valence-electron chi connectivity index (χ0n) is 11.3. The fourth-order valence-electron chi connectivity index (χ4n) is 1.96. The van der Waals surface area contributed by atoms with Crippen LogP contribution in [0.25, 0.3) is 0 Å². The first-order valence-electron chi connectivity index (χ1n) is 6.46. The van der Waals surface area contributed by atoms with Crippen molar-refractivity contribution in [3.8, 4) is 5.75 Å². The molecule has 0 fully saturated rings. The molecular weight excluding hydrogens is 277 g/mol. The molecule has 0 bridgehead atoms. The Morgan fingerprint density at radius 3 is 2.65 bits per heavy atom. The highest BCUT2D eigenvalue weighted by atomic mass is 35.5. The molecule has 2 aromatic carbocycles. The van der Waals surface area contributed by atoms with Gasteiger partial charge >= 0.3 is 0 Å². The van der Waals surface area contributed by atoms with Crippen molar-refractivity contribution in [3.05, 3.63) is 63.9 Å². The van der Waals surface area contributed by atoms with E-state index in [0.717, 1.165) is 23.1 Å². The van der Waals surface area contributed by atoms with E-state index in [1.807, 2.05) is 25.1 Å². The van der Waals surface area contributed by atoms with E-state index >= 15 is 0 Å². The molecule has 106 valence electrons. The van der Waals surface area contributed by atoms with E-state index in [0.29, 0.717) is 23.9 Å². The number of rotatable bonds is 5. The Labute approximate surface area is 123 Å². The predicted molar refractivity (Wildman–Crippen MR) is 79.7 cm³/mol. The smallest absolute Gasteiger partial charge is 0.138 e. The summed E-state index contributed by atoms with van der Waals surface area (Å²) >= 11 is 6.17. The second-order valence-electron chi connectivity index (χ2n) is 4.66. The van der Waals surface area contributed by atoms with Gasteiger partial charge in [0.05, 0.1) is 5.02 Å². The Bertz CT molecular complexity index is 601. The van der Waals surface area contributed by atoms with Crippen molar-refractivity contribution >= 4 is 11.6 Å². The molecule has 0 aliphatic rings. The van der Waals surface area contributed by atoms with Crippen LogP contribution in [-0.2, 0) is 13.0 Å². The maximum Gasteiger partial charge on any atom is 0.138 e. The minimum Gasteiger partial charge on any atom is -0.487 e. The normalized spacial score (nSPS) is 10.6. The number of nitrogens with two attached hydrogens (primary N) is 1. The average Bonchev–Trinajstić information content (AvgIpc) is 2.40. The summed E-state index contributed by atoms with van der Waals surface area (Å²) in [5.41, 5.74) is 8.39. The van der Waals surface area contributed by atoms with Gasteiger partial charge in [-0.25, -0.2) is 4.39 Å². The molecule has 0 aromatic heterocycles. The highest BCUT2D eigenvalue weighted by molar-refractivity contribution is 6.32. The van der Waals surface area contributed by atoms with Gasteiger partial charge in [0.2, 0.25) is 0 Å². The average molecular weight is 294 g/mol. The van der Waals surface area contributed by atoms with Crippen LogP contribution in [0.5, 0.6) is 5.75 Å². The molecular formula is C16H17ClFNO. The molecule has 0 spiro atoms. The molecule has 0 saturated carbocycles. The lowest BCUT2D eigenvalue weighted by Gasteiger charge is -2.11. The highest BCUT2D eigenvalue weighted by Gasteiger charge is 2.05. The molecule has 2 N–H and O–H groups in total. The molecule has 2 nitrogen and oxygen atoms in total. The Kier molecular flexibility index (Phi) is 4.99. The van der Waals surface area contributed by atoms with E-state index in [1.54, 1.807) is 6.07 Å². The van der Waals surface area contributed by atoms with Crippen LogP contribution >= 0.6 is 11.6 Å². The van der Waals surface area contributed by atoms with Gasteiger partial charge in [-0.1, -0.05) is 23.7 Å². The SMILES string of the molecule is Cc1cc(F)ccc1COc1ccc(CCN)cc1Cl. The molecule has 0 atom stereocenters. The zero-order valence-corrected chi connectivity index (χ0v) is 12.1. The van der Waals surface area contributed by atoms with Crippen LogP contribution in [0, 0.1) is 12.7 Å². The first-order chi connectivity index (χ1) is 9.60. The number of aryl methyl sites for hydroxylation is 1. The Morgan fingerprint density at radius 2 is 2.00 bits per heavy atom. The van der Waals surface area contributed by atoms with Crippen LogP contribution in [0.15, 0.2) is 36.4 Å². The number of halogens is 2. The Hall–Kier alpha value is -1.58. The first-order valence-corrected chi connectivity index (χ1v) is 6.84. The first kappa shape index (κ1) is 14.8. The van der Waals surface area contributed by atoms with Gasteiger partial charge in [-0.3, -0.25) is 0 Å². The van der Waals surface area contributed by atoms with Gasteiger partial charge in [0.15, 0.2) is 0 Å². The summed E-state index contributed by atoms with van der Waals surface area (Å²) in [5.74, 6) is 0.381. The Morgan fingerprint density at radius 1 is 1.20 bits per heavy atom. The van der Waals surface area contributed by atoms with Crippen molar-refractivity contribution in [1.82, 2.24) is 0 Å². The monoisotopic (exact) mass is 293 g/mol. The Balaban J connectivity index is 2.07. The van der Waals surface area contributed by atoms with Gasteiger partial charge in [-0.2, -0.15) is 0 Å². The number of benzene rings is 2. The summed E-state index contributed by atoms with van der Waals surface area (Å²) in [6, 6.07) is 10.3. The fraction of sp³-hybridized carbons (Fsp3) is 0.250. The molecule has 2 rings (SSSR count). The van der Waals surface area contributed by atoms with Crippen molar-refractivity contribution in [3.63, 3.8) is 0 Å². The molecule has 20 heavy (non-hydrogen) atoms. The summed E-state index contributed by atoms with van der Waals surface area (Å²) in [4.78, 5) is 0. The molecule has 0 unspecified atom stereocenters. The molecule has 0 amide bonds.